The second-order valence-corrected chi connectivity index (χ2v) is 6.76. The lowest BCUT2D eigenvalue weighted by Crippen LogP contribution is -2.13. The standard InChI is InChI=1S/C22H19N3O3/c1-13-9-14(2)20(15(3)10-13)28-19(26)12-17-11-16(6-8-23-17)22-25-21-18(27-22)5-4-7-24-21/h4-11H,12H2,1-3H3. The van der Waals surface area contributed by atoms with Gasteiger partial charge in [-0.05, 0) is 56.2 Å². The number of aryl methyl sites for hydroxylation is 3. The van der Waals surface area contributed by atoms with Crippen molar-refractivity contribution in [1.29, 1.82) is 0 Å². The number of benzene rings is 1. The molecular formula is C22H19N3O3. The average Bonchev–Trinajstić information content (AvgIpc) is 3.09. The number of carbonyl (C=O) groups is 1. The van der Waals surface area contributed by atoms with E-state index < -0.39 is 0 Å². The number of oxazole rings is 1. The number of aromatic nitrogens is 3. The maximum Gasteiger partial charge on any atom is 0.317 e. The van der Waals surface area contributed by atoms with Crippen molar-refractivity contribution in [1.82, 2.24) is 15.0 Å². The van der Waals surface area contributed by atoms with Crippen LogP contribution in [0.5, 0.6) is 5.75 Å². The Morgan fingerprint density at radius 3 is 2.57 bits per heavy atom. The fourth-order valence-electron chi connectivity index (χ4n) is 3.23. The van der Waals surface area contributed by atoms with Crippen LogP contribution in [0.3, 0.4) is 0 Å². The molecule has 4 rings (SSSR count). The number of nitrogens with zero attached hydrogens (tertiary/aromatic N) is 3. The van der Waals surface area contributed by atoms with E-state index in [2.05, 4.69) is 15.0 Å². The van der Waals surface area contributed by atoms with Gasteiger partial charge in [-0.3, -0.25) is 9.78 Å². The van der Waals surface area contributed by atoms with Crippen molar-refractivity contribution in [3.63, 3.8) is 0 Å². The SMILES string of the molecule is Cc1cc(C)c(OC(=O)Cc2cc(-c3nc4ncccc4o3)ccn2)c(C)c1. The van der Waals surface area contributed by atoms with E-state index in [9.17, 15) is 4.79 Å². The fourth-order valence-corrected chi connectivity index (χ4v) is 3.23. The Morgan fingerprint density at radius 2 is 1.82 bits per heavy atom. The molecule has 0 aliphatic carbocycles. The molecule has 0 radical (unpaired) electrons. The van der Waals surface area contributed by atoms with Crippen LogP contribution in [0.15, 0.2) is 53.2 Å². The number of pyridine rings is 2. The molecule has 0 spiro atoms. The van der Waals surface area contributed by atoms with Gasteiger partial charge in [0.1, 0.15) is 5.75 Å². The Balaban J connectivity index is 1.54. The van der Waals surface area contributed by atoms with E-state index in [0.717, 1.165) is 22.3 Å². The molecule has 0 aliphatic heterocycles. The number of ether oxygens (including phenoxy) is 1. The van der Waals surface area contributed by atoms with Crippen molar-refractivity contribution in [2.24, 2.45) is 0 Å². The molecule has 0 N–H and O–H groups in total. The van der Waals surface area contributed by atoms with Crippen LogP contribution in [0.1, 0.15) is 22.4 Å². The summed E-state index contributed by atoms with van der Waals surface area (Å²) in [7, 11) is 0. The van der Waals surface area contributed by atoms with Crippen molar-refractivity contribution >= 4 is 17.2 Å². The molecule has 6 nitrogen and oxygen atoms in total. The Labute approximate surface area is 162 Å². The summed E-state index contributed by atoms with van der Waals surface area (Å²) >= 11 is 0. The van der Waals surface area contributed by atoms with E-state index in [1.807, 2.05) is 39.0 Å². The predicted molar refractivity (Wildman–Crippen MR) is 105 cm³/mol. The molecule has 0 fully saturated rings. The highest BCUT2D eigenvalue weighted by Crippen LogP contribution is 2.26. The smallest absolute Gasteiger partial charge is 0.317 e. The molecule has 3 aromatic heterocycles. The van der Waals surface area contributed by atoms with Crippen LogP contribution in [-0.4, -0.2) is 20.9 Å². The fraction of sp³-hybridized carbons (Fsp3) is 0.182. The minimum absolute atomic E-state index is 0.0546. The van der Waals surface area contributed by atoms with Crippen LogP contribution in [-0.2, 0) is 11.2 Å². The molecule has 6 heteroatoms. The molecule has 0 atom stereocenters. The summed E-state index contributed by atoms with van der Waals surface area (Å²) < 4.78 is 11.3. The van der Waals surface area contributed by atoms with E-state index in [-0.39, 0.29) is 12.4 Å². The maximum absolute atomic E-state index is 12.4. The van der Waals surface area contributed by atoms with Gasteiger partial charge in [0.2, 0.25) is 5.89 Å². The molecule has 0 amide bonds. The third kappa shape index (κ3) is 3.62. The summed E-state index contributed by atoms with van der Waals surface area (Å²) in [4.78, 5) is 25.3. The first kappa shape index (κ1) is 17.9. The monoisotopic (exact) mass is 373 g/mol. The molecule has 0 saturated carbocycles. The van der Waals surface area contributed by atoms with Crippen molar-refractivity contribution in [3.8, 4) is 17.2 Å². The zero-order valence-corrected chi connectivity index (χ0v) is 15.9. The molecule has 0 unspecified atom stereocenters. The third-order valence-electron chi connectivity index (χ3n) is 4.37. The van der Waals surface area contributed by atoms with Gasteiger partial charge in [-0.2, -0.15) is 4.98 Å². The van der Waals surface area contributed by atoms with E-state index in [0.29, 0.717) is 28.6 Å². The first-order valence-electron chi connectivity index (χ1n) is 8.95. The van der Waals surface area contributed by atoms with Crippen molar-refractivity contribution in [2.75, 3.05) is 0 Å². The first-order chi connectivity index (χ1) is 13.5. The second kappa shape index (κ2) is 7.23. The Kier molecular flexibility index (Phi) is 4.61. The number of rotatable bonds is 4. The average molecular weight is 373 g/mol. The summed E-state index contributed by atoms with van der Waals surface area (Å²) in [6, 6.07) is 11.2. The molecular weight excluding hydrogens is 354 g/mol. The molecule has 0 bridgehead atoms. The minimum Gasteiger partial charge on any atom is -0.434 e. The molecule has 0 saturated heterocycles. The zero-order chi connectivity index (χ0) is 19.7. The van der Waals surface area contributed by atoms with Crippen molar-refractivity contribution in [2.45, 2.75) is 27.2 Å². The van der Waals surface area contributed by atoms with Gasteiger partial charge in [0.05, 0.1) is 12.1 Å². The van der Waals surface area contributed by atoms with Gasteiger partial charge in [-0.1, -0.05) is 17.7 Å². The number of esters is 1. The predicted octanol–water partition coefficient (Wildman–Crippen LogP) is 4.36. The third-order valence-corrected chi connectivity index (χ3v) is 4.37. The van der Waals surface area contributed by atoms with Crippen LogP contribution in [0, 0.1) is 20.8 Å². The van der Waals surface area contributed by atoms with E-state index in [1.54, 1.807) is 30.6 Å². The first-order valence-corrected chi connectivity index (χ1v) is 8.95. The summed E-state index contributed by atoms with van der Waals surface area (Å²) in [5.41, 5.74) is 5.48. The van der Waals surface area contributed by atoms with Gasteiger partial charge in [0.15, 0.2) is 11.2 Å². The molecule has 140 valence electrons. The number of carbonyl (C=O) groups excluding carboxylic acids is 1. The molecule has 1 aromatic carbocycles. The number of hydrogen-bond acceptors (Lipinski definition) is 6. The second-order valence-electron chi connectivity index (χ2n) is 6.76. The van der Waals surface area contributed by atoms with Crippen molar-refractivity contribution < 1.29 is 13.9 Å². The van der Waals surface area contributed by atoms with Gasteiger partial charge >= 0.3 is 5.97 Å². The molecule has 4 aromatic rings. The van der Waals surface area contributed by atoms with Crippen LogP contribution in [0.2, 0.25) is 0 Å². The van der Waals surface area contributed by atoms with Gasteiger partial charge in [-0.25, -0.2) is 4.98 Å². The lowest BCUT2D eigenvalue weighted by Gasteiger charge is -2.11. The van der Waals surface area contributed by atoms with E-state index in [4.69, 9.17) is 9.15 Å². The Hall–Kier alpha value is -3.54. The van der Waals surface area contributed by atoms with Crippen LogP contribution < -0.4 is 4.74 Å². The van der Waals surface area contributed by atoms with Gasteiger partial charge in [0.25, 0.3) is 0 Å². The lowest BCUT2D eigenvalue weighted by molar-refractivity contribution is -0.133. The van der Waals surface area contributed by atoms with Gasteiger partial charge in [-0.15, -0.1) is 0 Å². The molecule has 0 aliphatic rings. The summed E-state index contributed by atoms with van der Waals surface area (Å²) in [6.45, 7) is 5.88. The number of fused-ring (bicyclic) bond motifs is 1. The van der Waals surface area contributed by atoms with Gasteiger partial charge < -0.3 is 9.15 Å². The maximum atomic E-state index is 12.4. The molecule has 3 heterocycles. The van der Waals surface area contributed by atoms with Gasteiger partial charge in [0, 0.05) is 18.0 Å². The van der Waals surface area contributed by atoms with Crippen molar-refractivity contribution in [3.05, 3.63) is 71.2 Å². The summed E-state index contributed by atoms with van der Waals surface area (Å²) in [5, 5.41) is 0. The molecule has 28 heavy (non-hydrogen) atoms. The quantitative estimate of drug-likeness (QED) is 0.391. The minimum atomic E-state index is -0.362. The topological polar surface area (TPSA) is 78.1 Å². The lowest BCUT2D eigenvalue weighted by atomic mass is 10.1. The highest BCUT2D eigenvalue weighted by atomic mass is 16.5. The number of hydrogen-bond donors (Lipinski definition) is 0. The zero-order valence-electron chi connectivity index (χ0n) is 15.9. The highest BCUT2D eigenvalue weighted by molar-refractivity contribution is 5.76. The largest absolute Gasteiger partial charge is 0.434 e. The Morgan fingerprint density at radius 1 is 1.04 bits per heavy atom. The Bertz CT molecular complexity index is 1120. The van der Waals surface area contributed by atoms with Crippen LogP contribution in [0.25, 0.3) is 22.7 Å². The summed E-state index contributed by atoms with van der Waals surface area (Å²) in [5.74, 6) is 0.687. The van der Waals surface area contributed by atoms with Crippen LogP contribution in [0.4, 0.5) is 0 Å². The normalized spacial score (nSPS) is 11.0. The van der Waals surface area contributed by atoms with Crippen LogP contribution >= 0.6 is 0 Å². The van der Waals surface area contributed by atoms with E-state index in [1.165, 1.54) is 0 Å². The highest BCUT2D eigenvalue weighted by Gasteiger charge is 2.14. The van der Waals surface area contributed by atoms with E-state index >= 15 is 0 Å². The summed E-state index contributed by atoms with van der Waals surface area (Å²) in [6.07, 6.45) is 3.35.